The molecule has 3 aliphatic rings. The van der Waals surface area contributed by atoms with Gasteiger partial charge in [0.2, 0.25) is 0 Å². The van der Waals surface area contributed by atoms with E-state index in [-0.39, 0.29) is 5.91 Å². The van der Waals surface area contributed by atoms with Crippen molar-refractivity contribution < 1.29 is 4.79 Å². The molecule has 1 aromatic heterocycles. The van der Waals surface area contributed by atoms with Gasteiger partial charge in [0.05, 0.1) is 0 Å². The van der Waals surface area contributed by atoms with Crippen LogP contribution in [0.4, 0.5) is 5.13 Å². The van der Waals surface area contributed by atoms with Crippen molar-refractivity contribution in [3.8, 4) is 0 Å². The molecule has 0 aromatic carbocycles. The van der Waals surface area contributed by atoms with Gasteiger partial charge in [0.15, 0.2) is 5.13 Å². The Labute approximate surface area is 135 Å². The van der Waals surface area contributed by atoms with Crippen LogP contribution in [0, 0.1) is 5.41 Å². The second kappa shape index (κ2) is 5.49. The van der Waals surface area contributed by atoms with E-state index in [9.17, 15) is 4.79 Å². The number of hydrogen-bond acceptors (Lipinski definition) is 5. The normalized spacial score (nSPS) is 29.2. The third kappa shape index (κ3) is 2.86. The first-order valence-electron chi connectivity index (χ1n) is 8.33. The lowest BCUT2D eigenvalue weighted by atomic mass is 9.79. The molecule has 1 saturated carbocycles. The van der Waals surface area contributed by atoms with Crippen LogP contribution in [-0.4, -0.2) is 60.0 Å². The summed E-state index contributed by atoms with van der Waals surface area (Å²) in [5, 5.41) is 6.18. The van der Waals surface area contributed by atoms with Gasteiger partial charge in [0, 0.05) is 36.5 Å². The fourth-order valence-corrected chi connectivity index (χ4v) is 4.66. The van der Waals surface area contributed by atoms with E-state index in [4.69, 9.17) is 0 Å². The van der Waals surface area contributed by atoms with Crippen molar-refractivity contribution in [3.63, 3.8) is 0 Å². The van der Waals surface area contributed by atoms with Gasteiger partial charge in [0.25, 0.3) is 5.91 Å². The first-order valence-corrected chi connectivity index (χ1v) is 9.21. The van der Waals surface area contributed by atoms with Gasteiger partial charge in [-0.15, -0.1) is 11.3 Å². The maximum absolute atomic E-state index is 12.7. The maximum Gasteiger partial charge on any atom is 0.273 e. The molecule has 3 heterocycles. The van der Waals surface area contributed by atoms with Crippen molar-refractivity contribution in [1.29, 1.82) is 0 Å². The lowest BCUT2D eigenvalue weighted by Gasteiger charge is -2.38. The molecule has 4 rings (SSSR count). The number of nitrogens with one attached hydrogen (secondary N) is 1. The molecule has 2 aliphatic heterocycles. The number of rotatable bonds is 3. The topological polar surface area (TPSA) is 48.5 Å². The Morgan fingerprint density at radius 2 is 2.23 bits per heavy atom. The molecule has 1 N–H and O–H groups in total. The summed E-state index contributed by atoms with van der Waals surface area (Å²) >= 11 is 1.55. The van der Waals surface area contributed by atoms with Gasteiger partial charge in [-0.3, -0.25) is 4.79 Å². The van der Waals surface area contributed by atoms with E-state index in [2.05, 4.69) is 22.2 Å². The number of carbonyl (C=O) groups excluding carboxylic acids is 1. The van der Waals surface area contributed by atoms with Crippen molar-refractivity contribution in [1.82, 2.24) is 14.8 Å². The van der Waals surface area contributed by atoms with Crippen molar-refractivity contribution >= 4 is 22.4 Å². The number of piperidine rings is 1. The van der Waals surface area contributed by atoms with Crippen molar-refractivity contribution in [2.24, 2.45) is 5.41 Å². The summed E-state index contributed by atoms with van der Waals surface area (Å²) < 4.78 is 0. The zero-order valence-electron chi connectivity index (χ0n) is 13.2. The predicted molar refractivity (Wildman–Crippen MR) is 88.4 cm³/mol. The minimum Gasteiger partial charge on any atom is -0.359 e. The number of aromatic nitrogens is 1. The molecule has 6 heteroatoms. The minimum atomic E-state index is 0.116. The lowest BCUT2D eigenvalue weighted by Crippen LogP contribution is -2.43. The van der Waals surface area contributed by atoms with Gasteiger partial charge < -0.3 is 15.1 Å². The molecule has 2 saturated heterocycles. The summed E-state index contributed by atoms with van der Waals surface area (Å²) in [5.41, 5.74) is 0.947. The SMILES string of the molecule is CN1CCC[C@@]2(CCN(C(=O)c3csc(NC4CC4)n3)C2)C1. The minimum absolute atomic E-state index is 0.116. The van der Waals surface area contributed by atoms with Crippen molar-refractivity contribution in [2.45, 2.75) is 38.1 Å². The Bertz CT molecular complexity index is 570. The summed E-state index contributed by atoms with van der Waals surface area (Å²) in [4.78, 5) is 21.6. The molecule has 22 heavy (non-hydrogen) atoms. The first kappa shape index (κ1) is 14.5. The average Bonchev–Trinajstić information content (AvgIpc) is 3.03. The number of nitrogens with zero attached hydrogens (tertiary/aromatic N) is 3. The highest BCUT2D eigenvalue weighted by atomic mass is 32.1. The highest BCUT2D eigenvalue weighted by Crippen LogP contribution is 2.39. The van der Waals surface area contributed by atoms with Crippen molar-refractivity contribution in [3.05, 3.63) is 11.1 Å². The monoisotopic (exact) mass is 320 g/mol. The summed E-state index contributed by atoms with van der Waals surface area (Å²) in [6.45, 7) is 4.11. The number of hydrogen-bond donors (Lipinski definition) is 1. The molecule has 5 nitrogen and oxygen atoms in total. The highest BCUT2D eigenvalue weighted by molar-refractivity contribution is 7.13. The molecular weight excluding hydrogens is 296 g/mol. The van der Waals surface area contributed by atoms with Gasteiger partial charge in [-0.1, -0.05) is 0 Å². The second-order valence-corrected chi connectivity index (χ2v) is 8.13. The number of amides is 1. The number of anilines is 1. The lowest BCUT2D eigenvalue weighted by molar-refractivity contribution is 0.0718. The van der Waals surface area contributed by atoms with Crippen LogP contribution >= 0.6 is 11.3 Å². The van der Waals surface area contributed by atoms with Gasteiger partial charge in [-0.2, -0.15) is 0 Å². The number of likely N-dealkylation sites (tertiary alicyclic amines) is 2. The van der Waals surface area contributed by atoms with E-state index < -0.39 is 0 Å². The van der Waals surface area contributed by atoms with Crippen molar-refractivity contribution in [2.75, 3.05) is 38.5 Å². The van der Waals surface area contributed by atoms with E-state index in [0.29, 0.717) is 17.2 Å². The van der Waals surface area contributed by atoms with Gasteiger partial charge >= 0.3 is 0 Å². The Hall–Kier alpha value is -1.14. The highest BCUT2D eigenvalue weighted by Gasteiger charge is 2.42. The first-order chi connectivity index (χ1) is 10.6. The molecule has 1 aromatic rings. The maximum atomic E-state index is 12.7. The Kier molecular flexibility index (Phi) is 3.61. The van der Waals surface area contributed by atoms with Crippen LogP contribution in [-0.2, 0) is 0 Å². The molecule has 1 spiro atoms. The molecule has 0 unspecified atom stereocenters. The summed E-state index contributed by atoms with van der Waals surface area (Å²) in [6, 6.07) is 0.585. The molecule has 1 aliphatic carbocycles. The Balaban J connectivity index is 1.41. The smallest absolute Gasteiger partial charge is 0.273 e. The summed E-state index contributed by atoms with van der Waals surface area (Å²) in [7, 11) is 2.20. The van der Waals surface area contributed by atoms with Crippen LogP contribution in [0.1, 0.15) is 42.6 Å². The summed E-state index contributed by atoms with van der Waals surface area (Å²) in [6.07, 6.45) is 6.10. The van der Waals surface area contributed by atoms with Crippen LogP contribution in [0.3, 0.4) is 0 Å². The fraction of sp³-hybridized carbons (Fsp3) is 0.750. The largest absolute Gasteiger partial charge is 0.359 e. The van der Waals surface area contributed by atoms with Crippen LogP contribution in [0.5, 0.6) is 0 Å². The van der Waals surface area contributed by atoms with E-state index in [1.54, 1.807) is 11.3 Å². The predicted octanol–water partition coefficient (Wildman–Crippen LogP) is 2.28. The second-order valence-electron chi connectivity index (χ2n) is 7.27. The van der Waals surface area contributed by atoms with E-state index in [0.717, 1.165) is 31.2 Å². The average molecular weight is 320 g/mol. The van der Waals surface area contributed by atoms with Crippen LogP contribution in [0.15, 0.2) is 5.38 Å². The molecule has 1 atom stereocenters. The molecular formula is C16H24N4OS. The van der Waals surface area contributed by atoms with E-state index >= 15 is 0 Å². The zero-order valence-corrected chi connectivity index (χ0v) is 14.0. The van der Waals surface area contributed by atoms with Gasteiger partial charge in [-0.25, -0.2) is 4.98 Å². The molecule has 3 fully saturated rings. The van der Waals surface area contributed by atoms with Gasteiger partial charge in [-0.05, 0) is 45.7 Å². The zero-order chi connectivity index (χ0) is 15.2. The van der Waals surface area contributed by atoms with Crippen LogP contribution in [0.2, 0.25) is 0 Å². The van der Waals surface area contributed by atoms with Crippen LogP contribution in [0.25, 0.3) is 0 Å². The molecule has 0 bridgehead atoms. The number of carbonyl (C=O) groups is 1. The molecule has 120 valence electrons. The third-order valence-corrected chi connectivity index (χ3v) is 5.98. The van der Waals surface area contributed by atoms with Crippen LogP contribution < -0.4 is 5.32 Å². The summed E-state index contributed by atoms with van der Waals surface area (Å²) in [5.74, 6) is 0.116. The van der Waals surface area contributed by atoms with E-state index in [1.165, 1.54) is 32.2 Å². The van der Waals surface area contributed by atoms with E-state index in [1.807, 2.05) is 10.3 Å². The fourth-order valence-electron chi connectivity index (χ4n) is 3.90. The Morgan fingerprint density at radius 1 is 1.36 bits per heavy atom. The molecule has 0 radical (unpaired) electrons. The quantitative estimate of drug-likeness (QED) is 0.928. The standard InChI is InChI=1S/C16H24N4OS/c1-19-7-2-5-16(10-19)6-8-20(11-16)14(21)13-9-22-15(18-13)17-12-3-4-12/h9,12H,2-8,10-11H2,1H3,(H,17,18)/t16-/m1/s1. The Morgan fingerprint density at radius 3 is 3.00 bits per heavy atom. The third-order valence-electron chi connectivity index (χ3n) is 5.21. The van der Waals surface area contributed by atoms with Gasteiger partial charge in [0.1, 0.15) is 5.69 Å². The molecule has 1 amide bonds. The number of thiazole rings is 1.